The van der Waals surface area contributed by atoms with Crippen molar-refractivity contribution in [2.75, 3.05) is 20.2 Å². The van der Waals surface area contributed by atoms with Crippen LogP contribution in [0.4, 0.5) is 0 Å². The zero-order chi connectivity index (χ0) is 23.7. The summed E-state index contributed by atoms with van der Waals surface area (Å²) in [4.78, 5) is 0. The number of ether oxygens (including phenoxy) is 4. The average molecular weight is 469 g/mol. The van der Waals surface area contributed by atoms with Crippen molar-refractivity contribution in [2.45, 2.75) is 92.1 Å². The fourth-order valence-corrected chi connectivity index (χ4v) is 4.45. The van der Waals surface area contributed by atoms with Crippen LogP contribution in [0.1, 0.15) is 6.42 Å². The molecule has 1 saturated carbocycles. The minimum absolute atomic E-state index is 0.104. The van der Waals surface area contributed by atoms with Crippen LogP contribution in [-0.4, -0.2) is 136 Å². The third-order valence-electron chi connectivity index (χ3n) is 6.37. The van der Waals surface area contributed by atoms with Crippen molar-refractivity contribution >= 4 is 0 Å². The molecule has 0 amide bonds. The van der Waals surface area contributed by atoms with E-state index in [0.717, 1.165) is 0 Å². The molecule has 14 heteroatoms. The molecule has 3 rings (SSSR count). The van der Waals surface area contributed by atoms with Crippen molar-refractivity contribution in [2.24, 2.45) is 17.2 Å². The second-order valence-electron chi connectivity index (χ2n) is 8.58. The van der Waals surface area contributed by atoms with Gasteiger partial charge in [-0.1, -0.05) is 0 Å². The smallest absolute Gasteiger partial charge is 0.187 e. The minimum atomic E-state index is -1.62. The summed E-state index contributed by atoms with van der Waals surface area (Å²) in [6.07, 6.45) is -13.9. The lowest BCUT2D eigenvalue weighted by atomic mass is 9.84. The Bertz CT molecular complexity index is 606. The first-order chi connectivity index (χ1) is 15.1. The Morgan fingerprint density at radius 3 is 2.00 bits per heavy atom. The zero-order valence-electron chi connectivity index (χ0n) is 17.8. The predicted molar refractivity (Wildman–Crippen MR) is 107 cm³/mol. The molecule has 0 aromatic rings. The normalized spacial score (nSPS) is 52.7. The number of rotatable bonds is 6. The van der Waals surface area contributed by atoms with E-state index >= 15 is 0 Å². The zero-order valence-corrected chi connectivity index (χ0v) is 17.8. The van der Waals surface area contributed by atoms with Gasteiger partial charge < -0.3 is 72.1 Å². The van der Waals surface area contributed by atoms with Crippen LogP contribution in [0.2, 0.25) is 0 Å². The summed E-state index contributed by atoms with van der Waals surface area (Å²) in [6, 6.07) is -2.23. The molecule has 0 aromatic carbocycles. The lowest BCUT2D eigenvalue weighted by molar-refractivity contribution is -0.327. The molecule has 14 nitrogen and oxygen atoms in total. The van der Waals surface area contributed by atoms with Gasteiger partial charge in [0, 0.05) is 18.6 Å². The number of hydrogen-bond acceptors (Lipinski definition) is 14. The predicted octanol–water partition coefficient (Wildman–Crippen LogP) is -6.39. The molecule has 3 fully saturated rings. The molecular weight excluding hydrogens is 432 g/mol. The van der Waals surface area contributed by atoms with E-state index < -0.39 is 85.6 Å². The largest absolute Gasteiger partial charge is 0.389 e. The van der Waals surface area contributed by atoms with E-state index in [-0.39, 0.29) is 19.6 Å². The molecule has 13 N–H and O–H groups in total. The molecule has 0 radical (unpaired) electrons. The first-order valence-electron chi connectivity index (χ1n) is 10.7. The van der Waals surface area contributed by atoms with E-state index in [1.807, 2.05) is 0 Å². The van der Waals surface area contributed by atoms with Crippen LogP contribution in [0.3, 0.4) is 0 Å². The minimum Gasteiger partial charge on any atom is -0.389 e. The molecule has 0 aromatic heterocycles. The molecule has 2 aliphatic heterocycles. The highest BCUT2D eigenvalue weighted by molar-refractivity contribution is 5.01. The van der Waals surface area contributed by atoms with E-state index in [2.05, 4.69) is 5.32 Å². The lowest BCUT2D eigenvalue weighted by Crippen LogP contribution is -2.67. The van der Waals surface area contributed by atoms with Gasteiger partial charge in [-0.3, -0.25) is 0 Å². The second kappa shape index (κ2) is 10.8. The molecule has 1 aliphatic carbocycles. The highest BCUT2D eigenvalue weighted by Crippen LogP contribution is 2.30. The monoisotopic (exact) mass is 468 g/mol. The SMILES string of the molecule is CN[C@@H]1[C@@H](O)[C@@H](O[C@@H]2[C@@H](O)[C@H](O[C@H]3O[C@H](CN)[C@@H](O)[C@H](O)[C@H]3O)[C@@H](N)C[C@H]2N)OC[C@H]1O. The van der Waals surface area contributed by atoms with Crippen molar-refractivity contribution < 1.29 is 49.6 Å². The van der Waals surface area contributed by atoms with Gasteiger partial charge in [0.15, 0.2) is 12.6 Å². The van der Waals surface area contributed by atoms with Crippen LogP contribution < -0.4 is 22.5 Å². The number of nitrogens with two attached hydrogens (primary N) is 3. The van der Waals surface area contributed by atoms with Gasteiger partial charge in [0.25, 0.3) is 0 Å². The van der Waals surface area contributed by atoms with Crippen LogP contribution in [-0.2, 0) is 18.9 Å². The summed E-state index contributed by atoms with van der Waals surface area (Å²) in [5, 5.41) is 64.4. The number of likely N-dealkylation sites (N-methyl/N-ethyl adjacent to an activating group) is 1. The van der Waals surface area contributed by atoms with Crippen molar-refractivity contribution in [1.82, 2.24) is 5.32 Å². The lowest BCUT2D eigenvalue weighted by Gasteiger charge is -2.47. The van der Waals surface area contributed by atoms with Crippen molar-refractivity contribution in [3.05, 3.63) is 0 Å². The Hall–Kier alpha value is -0.560. The number of aliphatic hydroxyl groups excluding tert-OH is 6. The van der Waals surface area contributed by atoms with Crippen LogP contribution in [0, 0.1) is 0 Å². The van der Waals surface area contributed by atoms with Crippen molar-refractivity contribution in [1.29, 1.82) is 0 Å². The van der Waals surface area contributed by atoms with Gasteiger partial charge in [-0.2, -0.15) is 0 Å². The highest BCUT2D eigenvalue weighted by Gasteiger charge is 2.50. The maximum absolute atomic E-state index is 10.9. The molecule has 0 bridgehead atoms. The topological polar surface area (TPSA) is 248 Å². The molecule has 3 aliphatic rings. The molecule has 0 unspecified atom stereocenters. The molecule has 14 atom stereocenters. The first-order valence-corrected chi connectivity index (χ1v) is 10.7. The van der Waals surface area contributed by atoms with Gasteiger partial charge in [0.05, 0.1) is 18.8 Å². The van der Waals surface area contributed by atoms with Crippen LogP contribution >= 0.6 is 0 Å². The molecule has 2 saturated heterocycles. The Morgan fingerprint density at radius 1 is 0.844 bits per heavy atom. The first kappa shape index (κ1) is 26.1. The quantitative estimate of drug-likeness (QED) is 0.174. The van der Waals surface area contributed by atoms with Crippen LogP contribution in [0.5, 0.6) is 0 Å². The summed E-state index contributed by atoms with van der Waals surface area (Å²) in [7, 11) is 1.57. The summed E-state index contributed by atoms with van der Waals surface area (Å²) in [5.41, 5.74) is 17.8. The van der Waals surface area contributed by atoms with Crippen molar-refractivity contribution in [3.63, 3.8) is 0 Å². The number of nitrogens with one attached hydrogen (secondary N) is 1. The van der Waals surface area contributed by atoms with Gasteiger partial charge in [-0.05, 0) is 13.5 Å². The molecule has 2 heterocycles. The number of hydrogen-bond donors (Lipinski definition) is 10. The standard InChI is InChI=1S/C18H36N4O10/c1-22-9-7(23)4-29-17(11(9)25)31-15-5(20)2-6(21)16(14(15)28)32-18-13(27)12(26)10(24)8(3-19)30-18/h5-18,22-28H,2-4,19-21H2,1H3/t5-,6+,7-,8-,9+,10-,11-,12+,13-,14-,15+,16-,17-,18-/m1/s1. The maximum Gasteiger partial charge on any atom is 0.187 e. The molecular formula is C18H36N4O10. The highest BCUT2D eigenvalue weighted by atomic mass is 16.7. The van der Waals surface area contributed by atoms with Gasteiger partial charge in [-0.15, -0.1) is 0 Å². The van der Waals surface area contributed by atoms with E-state index in [4.69, 9.17) is 36.1 Å². The second-order valence-corrected chi connectivity index (χ2v) is 8.58. The van der Waals surface area contributed by atoms with E-state index in [1.54, 1.807) is 7.05 Å². The third kappa shape index (κ3) is 5.08. The Labute approximate surface area is 185 Å². The molecule has 32 heavy (non-hydrogen) atoms. The van der Waals surface area contributed by atoms with Gasteiger partial charge in [0.1, 0.15) is 48.8 Å². The van der Waals surface area contributed by atoms with Crippen LogP contribution in [0.15, 0.2) is 0 Å². The summed E-state index contributed by atoms with van der Waals surface area (Å²) in [5.74, 6) is 0. The summed E-state index contributed by atoms with van der Waals surface area (Å²) in [6.45, 7) is -0.246. The van der Waals surface area contributed by atoms with Gasteiger partial charge >= 0.3 is 0 Å². The van der Waals surface area contributed by atoms with Gasteiger partial charge in [0.2, 0.25) is 0 Å². The van der Waals surface area contributed by atoms with E-state index in [9.17, 15) is 30.6 Å². The Balaban J connectivity index is 1.70. The van der Waals surface area contributed by atoms with Crippen molar-refractivity contribution in [3.8, 4) is 0 Å². The molecule has 0 spiro atoms. The fourth-order valence-electron chi connectivity index (χ4n) is 4.45. The van der Waals surface area contributed by atoms with Crippen LogP contribution in [0.25, 0.3) is 0 Å². The average Bonchev–Trinajstić information content (AvgIpc) is 2.75. The fraction of sp³-hybridized carbons (Fsp3) is 1.00. The summed E-state index contributed by atoms with van der Waals surface area (Å²) < 4.78 is 22.3. The summed E-state index contributed by atoms with van der Waals surface area (Å²) >= 11 is 0. The third-order valence-corrected chi connectivity index (χ3v) is 6.37. The Kier molecular flexibility index (Phi) is 8.79. The van der Waals surface area contributed by atoms with E-state index in [0.29, 0.717) is 0 Å². The van der Waals surface area contributed by atoms with Gasteiger partial charge in [-0.25, -0.2) is 0 Å². The Morgan fingerprint density at radius 2 is 1.44 bits per heavy atom. The van der Waals surface area contributed by atoms with E-state index in [1.165, 1.54) is 0 Å². The number of aliphatic hydroxyl groups is 6. The maximum atomic E-state index is 10.9. The molecule has 188 valence electrons.